The molecule has 0 saturated heterocycles. The zero-order chi connectivity index (χ0) is 14.2. The first-order valence-corrected chi connectivity index (χ1v) is 7.87. The largest absolute Gasteiger partial charge is 0.308 e. The second kappa shape index (κ2) is 5.16. The van der Waals surface area contributed by atoms with E-state index in [0.717, 1.165) is 23.0 Å². The van der Waals surface area contributed by atoms with E-state index >= 15 is 0 Å². The lowest BCUT2D eigenvalue weighted by Gasteiger charge is -2.05. The van der Waals surface area contributed by atoms with Crippen LogP contribution < -0.4 is 5.32 Å². The van der Waals surface area contributed by atoms with Crippen molar-refractivity contribution < 1.29 is 0 Å². The van der Waals surface area contributed by atoms with Gasteiger partial charge in [0.2, 0.25) is 5.16 Å². The summed E-state index contributed by atoms with van der Waals surface area (Å²) in [6.45, 7) is 2.72. The number of aromatic amines is 1. The molecular formula is C14H16N6S. The van der Waals surface area contributed by atoms with Crippen molar-refractivity contribution in [2.45, 2.75) is 42.5 Å². The minimum Gasteiger partial charge on any atom is -0.308 e. The molecule has 1 fully saturated rings. The lowest BCUT2D eigenvalue weighted by molar-refractivity contribution is 0.660. The van der Waals surface area contributed by atoms with E-state index in [1.54, 1.807) is 0 Å². The Morgan fingerprint density at radius 3 is 3.05 bits per heavy atom. The lowest BCUT2D eigenvalue weighted by atomic mass is 10.4. The third-order valence-electron chi connectivity index (χ3n) is 3.49. The molecule has 0 radical (unpaired) electrons. The maximum absolute atomic E-state index is 4.71. The molecule has 1 aliphatic rings. The number of rotatable bonds is 5. The third kappa shape index (κ3) is 2.66. The standard InChI is InChI=1S/C14H16N6S/c1-9-16-14(19-18-9)21-13-11(8-15-10-5-6-10)20-7-3-2-4-12(20)17-13/h2-4,7,10,15H,5-6,8H2,1H3,(H,16,18,19). The Hall–Kier alpha value is -1.86. The topological polar surface area (TPSA) is 70.9 Å². The van der Waals surface area contributed by atoms with Gasteiger partial charge >= 0.3 is 0 Å². The van der Waals surface area contributed by atoms with E-state index < -0.39 is 0 Å². The Kier molecular flexibility index (Phi) is 3.16. The van der Waals surface area contributed by atoms with Gasteiger partial charge in [0.25, 0.3) is 0 Å². The number of pyridine rings is 1. The Balaban J connectivity index is 1.69. The summed E-state index contributed by atoms with van der Waals surface area (Å²) in [4.78, 5) is 9.06. The van der Waals surface area contributed by atoms with Crippen LogP contribution in [0.4, 0.5) is 0 Å². The van der Waals surface area contributed by atoms with Crippen LogP contribution in [0.1, 0.15) is 24.4 Å². The van der Waals surface area contributed by atoms with Crippen molar-refractivity contribution in [3.63, 3.8) is 0 Å². The van der Waals surface area contributed by atoms with Crippen LogP contribution in [0.25, 0.3) is 5.65 Å². The van der Waals surface area contributed by atoms with Crippen LogP contribution in [0.2, 0.25) is 0 Å². The molecule has 3 heterocycles. The van der Waals surface area contributed by atoms with Crippen LogP contribution in [0.3, 0.4) is 0 Å². The maximum Gasteiger partial charge on any atom is 0.214 e. The minimum atomic E-state index is 0.669. The molecule has 3 aromatic heterocycles. The zero-order valence-electron chi connectivity index (χ0n) is 11.7. The molecule has 1 aliphatic carbocycles. The SMILES string of the molecule is Cc1nc(Sc2nc3ccccn3c2CNC2CC2)n[nH]1. The molecule has 108 valence electrons. The smallest absolute Gasteiger partial charge is 0.214 e. The van der Waals surface area contributed by atoms with Crippen molar-refractivity contribution in [2.75, 3.05) is 0 Å². The van der Waals surface area contributed by atoms with Crippen LogP contribution in [-0.2, 0) is 6.54 Å². The van der Waals surface area contributed by atoms with Crippen molar-refractivity contribution in [1.29, 1.82) is 0 Å². The number of aryl methyl sites for hydroxylation is 1. The van der Waals surface area contributed by atoms with Crippen molar-refractivity contribution in [2.24, 2.45) is 0 Å². The van der Waals surface area contributed by atoms with Crippen LogP contribution in [0.5, 0.6) is 0 Å². The van der Waals surface area contributed by atoms with E-state index in [1.165, 1.54) is 30.3 Å². The van der Waals surface area contributed by atoms with Crippen LogP contribution in [0.15, 0.2) is 34.6 Å². The van der Waals surface area contributed by atoms with Crippen LogP contribution in [0, 0.1) is 6.92 Å². The summed E-state index contributed by atoms with van der Waals surface area (Å²) in [7, 11) is 0. The van der Waals surface area contributed by atoms with Crippen molar-refractivity contribution >= 4 is 17.4 Å². The Morgan fingerprint density at radius 2 is 2.29 bits per heavy atom. The number of hydrogen-bond acceptors (Lipinski definition) is 5. The van der Waals surface area contributed by atoms with Gasteiger partial charge in [-0.1, -0.05) is 6.07 Å². The van der Waals surface area contributed by atoms with Gasteiger partial charge in [-0.3, -0.25) is 5.10 Å². The van der Waals surface area contributed by atoms with Gasteiger partial charge in [-0.05, 0) is 43.7 Å². The molecule has 0 atom stereocenters. The number of nitrogens with one attached hydrogen (secondary N) is 2. The van der Waals surface area contributed by atoms with E-state index in [-0.39, 0.29) is 0 Å². The first-order chi connectivity index (χ1) is 10.3. The highest BCUT2D eigenvalue weighted by Gasteiger charge is 2.22. The van der Waals surface area contributed by atoms with Gasteiger partial charge in [0.05, 0.1) is 5.69 Å². The highest BCUT2D eigenvalue weighted by atomic mass is 32.2. The third-order valence-corrected chi connectivity index (χ3v) is 4.38. The molecule has 6 nitrogen and oxygen atoms in total. The molecule has 21 heavy (non-hydrogen) atoms. The maximum atomic E-state index is 4.71. The molecule has 0 bridgehead atoms. The summed E-state index contributed by atoms with van der Waals surface area (Å²) in [5.41, 5.74) is 2.13. The molecule has 4 rings (SSSR count). The number of imidazole rings is 1. The van der Waals surface area contributed by atoms with Crippen molar-refractivity contribution in [3.8, 4) is 0 Å². The molecule has 0 amide bonds. The van der Waals surface area contributed by atoms with E-state index in [0.29, 0.717) is 11.2 Å². The predicted molar refractivity (Wildman–Crippen MR) is 80.3 cm³/mol. The normalized spacial score (nSPS) is 14.9. The van der Waals surface area contributed by atoms with Crippen molar-refractivity contribution in [3.05, 3.63) is 35.9 Å². The highest BCUT2D eigenvalue weighted by molar-refractivity contribution is 7.99. The number of aromatic nitrogens is 5. The van der Waals surface area contributed by atoms with Gasteiger partial charge in [-0.25, -0.2) is 9.97 Å². The summed E-state index contributed by atoms with van der Waals surface area (Å²) in [5.74, 6) is 0.818. The molecule has 7 heteroatoms. The molecular weight excluding hydrogens is 284 g/mol. The van der Waals surface area contributed by atoms with Crippen LogP contribution in [-0.4, -0.2) is 30.6 Å². The van der Waals surface area contributed by atoms with Gasteiger partial charge in [0, 0.05) is 18.8 Å². The fraction of sp³-hybridized carbons (Fsp3) is 0.357. The average molecular weight is 300 g/mol. The number of fused-ring (bicyclic) bond motifs is 1. The summed E-state index contributed by atoms with van der Waals surface area (Å²) in [6.07, 6.45) is 4.61. The minimum absolute atomic E-state index is 0.669. The quantitative estimate of drug-likeness (QED) is 0.755. The molecule has 0 aromatic carbocycles. The summed E-state index contributed by atoms with van der Waals surface area (Å²) >= 11 is 1.51. The monoisotopic (exact) mass is 300 g/mol. The molecule has 1 saturated carbocycles. The number of hydrogen-bond donors (Lipinski definition) is 2. The van der Waals surface area contributed by atoms with E-state index in [2.05, 4.69) is 31.1 Å². The second-order valence-electron chi connectivity index (χ2n) is 5.25. The fourth-order valence-electron chi connectivity index (χ4n) is 2.25. The first-order valence-electron chi connectivity index (χ1n) is 7.06. The summed E-state index contributed by atoms with van der Waals surface area (Å²) in [6, 6.07) is 6.73. The zero-order valence-corrected chi connectivity index (χ0v) is 12.5. The van der Waals surface area contributed by atoms with Gasteiger partial charge in [-0.2, -0.15) is 0 Å². The lowest BCUT2D eigenvalue weighted by Crippen LogP contribution is -2.17. The highest BCUT2D eigenvalue weighted by Crippen LogP contribution is 2.29. The molecule has 0 aliphatic heterocycles. The Morgan fingerprint density at radius 1 is 1.38 bits per heavy atom. The Labute approximate surface area is 126 Å². The summed E-state index contributed by atoms with van der Waals surface area (Å²) in [5, 5.41) is 12.3. The molecule has 0 unspecified atom stereocenters. The van der Waals surface area contributed by atoms with E-state index in [9.17, 15) is 0 Å². The first kappa shape index (κ1) is 12.8. The van der Waals surface area contributed by atoms with Crippen LogP contribution >= 0.6 is 11.8 Å². The average Bonchev–Trinajstić information content (AvgIpc) is 3.13. The van der Waals surface area contributed by atoms with Gasteiger partial charge in [0.15, 0.2) is 0 Å². The second-order valence-corrected chi connectivity index (χ2v) is 6.21. The number of nitrogens with zero attached hydrogens (tertiary/aromatic N) is 4. The molecule has 2 N–H and O–H groups in total. The van der Waals surface area contributed by atoms with E-state index in [4.69, 9.17) is 4.98 Å². The Bertz CT molecular complexity index is 773. The number of H-pyrrole nitrogens is 1. The molecule has 0 spiro atoms. The van der Waals surface area contributed by atoms with Gasteiger partial charge in [0.1, 0.15) is 16.5 Å². The predicted octanol–water partition coefficient (Wildman–Crippen LogP) is 2.16. The van der Waals surface area contributed by atoms with Gasteiger partial charge < -0.3 is 9.72 Å². The van der Waals surface area contributed by atoms with E-state index in [1.807, 2.05) is 25.1 Å². The van der Waals surface area contributed by atoms with Gasteiger partial charge in [-0.15, -0.1) is 5.10 Å². The molecule has 3 aromatic rings. The van der Waals surface area contributed by atoms with Crippen molar-refractivity contribution in [1.82, 2.24) is 29.9 Å². The fourth-order valence-corrected chi connectivity index (χ4v) is 3.12. The summed E-state index contributed by atoms with van der Waals surface area (Å²) < 4.78 is 2.14.